The van der Waals surface area contributed by atoms with E-state index in [2.05, 4.69) is 10.3 Å². The molecule has 3 N–H and O–H groups in total. The summed E-state index contributed by atoms with van der Waals surface area (Å²) >= 11 is 0. The Balaban J connectivity index is 2.43. The summed E-state index contributed by atoms with van der Waals surface area (Å²) in [5, 5.41) is 19.9. The van der Waals surface area contributed by atoms with Crippen molar-refractivity contribution in [2.24, 2.45) is 0 Å². The molecular weight excluding hydrogens is 243 g/mol. The number of aliphatic hydroxyl groups is 1. The molecular formula is C11H15FN2O4. The van der Waals surface area contributed by atoms with Crippen molar-refractivity contribution in [3.63, 3.8) is 0 Å². The number of aliphatic hydroxyl groups excluding tert-OH is 1. The highest BCUT2D eigenvalue weighted by Gasteiger charge is 2.14. The van der Waals surface area contributed by atoms with Crippen LogP contribution in [0.25, 0.3) is 0 Å². The van der Waals surface area contributed by atoms with Crippen LogP contribution in [0.4, 0.5) is 10.2 Å². The van der Waals surface area contributed by atoms with Crippen LogP contribution in [0.5, 0.6) is 0 Å². The van der Waals surface area contributed by atoms with Crippen molar-refractivity contribution in [2.75, 3.05) is 31.7 Å². The van der Waals surface area contributed by atoms with Gasteiger partial charge in [-0.2, -0.15) is 0 Å². The van der Waals surface area contributed by atoms with E-state index in [1.54, 1.807) is 0 Å². The fourth-order valence-electron chi connectivity index (χ4n) is 1.28. The van der Waals surface area contributed by atoms with Gasteiger partial charge < -0.3 is 20.3 Å². The number of halogens is 1. The van der Waals surface area contributed by atoms with Crippen LogP contribution in [0.2, 0.25) is 0 Å². The first kappa shape index (κ1) is 14.3. The maximum Gasteiger partial charge on any atom is 0.338 e. The Labute approximate surface area is 103 Å². The van der Waals surface area contributed by atoms with Gasteiger partial charge in [-0.3, -0.25) is 0 Å². The van der Waals surface area contributed by atoms with Crippen LogP contribution in [0, 0.1) is 5.82 Å². The van der Waals surface area contributed by atoms with Gasteiger partial charge in [0.15, 0.2) is 11.6 Å². The van der Waals surface area contributed by atoms with Crippen molar-refractivity contribution in [1.82, 2.24) is 4.98 Å². The van der Waals surface area contributed by atoms with Gasteiger partial charge in [0, 0.05) is 19.3 Å². The third-order valence-electron chi connectivity index (χ3n) is 2.11. The first-order chi connectivity index (χ1) is 8.66. The van der Waals surface area contributed by atoms with Gasteiger partial charge in [0.25, 0.3) is 0 Å². The van der Waals surface area contributed by atoms with Crippen molar-refractivity contribution in [1.29, 1.82) is 0 Å². The molecule has 18 heavy (non-hydrogen) atoms. The molecule has 0 saturated heterocycles. The Kier molecular flexibility index (Phi) is 6.03. The summed E-state index contributed by atoms with van der Waals surface area (Å²) in [7, 11) is 0. The molecule has 1 heterocycles. The molecule has 0 unspecified atom stereocenters. The van der Waals surface area contributed by atoms with Crippen molar-refractivity contribution in [3.05, 3.63) is 23.6 Å². The van der Waals surface area contributed by atoms with E-state index in [4.69, 9.17) is 14.9 Å². The van der Waals surface area contributed by atoms with Crippen LogP contribution in [0.15, 0.2) is 12.3 Å². The van der Waals surface area contributed by atoms with Crippen LogP contribution in [0.3, 0.4) is 0 Å². The lowest BCUT2D eigenvalue weighted by molar-refractivity contribution is 0.0692. The van der Waals surface area contributed by atoms with Crippen molar-refractivity contribution in [2.45, 2.75) is 6.42 Å². The number of hydrogen-bond acceptors (Lipinski definition) is 5. The molecule has 1 aromatic rings. The average Bonchev–Trinajstić information content (AvgIpc) is 2.35. The smallest absolute Gasteiger partial charge is 0.338 e. The number of carbonyl (C=O) groups is 1. The highest BCUT2D eigenvalue weighted by Crippen LogP contribution is 2.14. The highest BCUT2D eigenvalue weighted by atomic mass is 19.1. The maximum absolute atomic E-state index is 13.6. The molecule has 1 rings (SSSR count). The van der Waals surface area contributed by atoms with Gasteiger partial charge in [-0.05, 0) is 12.5 Å². The summed E-state index contributed by atoms with van der Waals surface area (Å²) in [6.45, 7) is 1.05. The van der Waals surface area contributed by atoms with Crippen LogP contribution in [-0.4, -0.2) is 47.5 Å². The second-order valence-corrected chi connectivity index (χ2v) is 3.44. The molecule has 0 bridgehead atoms. The van der Waals surface area contributed by atoms with Gasteiger partial charge in [-0.1, -0.05) is 0 Å². The molecule has 0 radical (unpaired) electrons. The quantitative estimate of drug-likeness (QED) is 0.595. The molecule has 0 aromatic carbocycles. The second-order valence-electron chi connectivity index (χ2n) is 3.44. The predicted octanol–water partition coefficient (Wildman–Crippen LogP) is 0.730. The number of carboxylic acid groups (broad SMARTS) is 1. The summed E-state index contributed by atoms with van der Waals surface area (Å²) in [5.74, 6) is -2.29. The van der Waals surface area contributed by atoms with Crippen LogP contribution >= 0.6 is 0 Å². The van der Waals surface area contributed by atoms with E-state index in [0.29, 0.717) is 19.6 Å². The molecule has 0 aliphatic heterocycles. The van der Waals surface area contributed by atoms with E-state index in [0.717, 1.165) is 6.07 Å². The number of hydrogen-bond donors (Lipinski definition) is 3. The zero-order valence-corrected chi connectivity index (χ0v) is 9.73. The van der Waals surface area contributed by atoms with Gasteiger partial charge in [-0.25, -0.2) is 14.2 Å². The molecule has 0 spiro atoms. The minimum Gasteiger partial charge on any atom is -0.478 e. The number of carboxylic acids is 1. The Morgan fingerprint density at radius 2 is 2.28 bits per heavy atom. The molecule has 0 aliphatic carbocycles. The standard InChI is InChI=1S/C11H15FN2O4/c12-9-8(11(16)17)2-4-14-10(9)13-3-1-6-18-7-5-15/h2,4,15H,1,3,5-7H2,(H,13,14)(H,16,17). The van der Waals surface area contributed by atoms with Gasteiger partial charge in [0.05, 0.1) is 13.2 Å². The van der Waals surface area contributed by atoms with Crippen LogP contribution < -0.4 is 5.32 Å². The number of rotatable bonds is 8. The largest absolute Gasteiger partial charge is 0.478 e. The maximum atomic E-state index is 13.6. The monoisotopic (exact) mass is 258 g/mol. The minimum atomic E-state index is -1.33. The van der Waals surface area contributed by atoms with Gasteiger partial charge in [0.2, 0.25) is 0 Å². The normalized spacial score (nSPS) is 10.3. The van der Waals surface area contributed by atoms with Gasteiger partial charge in [-0.15, -0.1) is 0 Å². The van der Waals surface area contributed by atoms with E-state index in [9.17, 15) is 9.18 Å². The van der Waals surface area contributed by atoms with E-state index in [-0.39, 0.29) is 19.0 Å². The number of anilines is 1. The first-order valence-corrected chi connectivity index (χ1v) is 5.47. The number of nitrogens with zero attached hydrogens (tertiary/aromatic N) is 1. The third kappa shape index (κ3) is 4.27. The van der Waals surface area contributed by atoms with E-state index in [1.165, 1.54) is 6.20 Å². The third-order valence-corrected chi connectivity index (χ3v) is 2.11. The number of aromatic nitrogens is 1. The molecule has 100 valence electrons. The van der Waals surface area contributed by atoms with Gasteiger partial charge >= 0.3 is 5.97 Å². The summed E-state index contributed by atoms with van der Waals surface area (Å²) in [6.07, 6.45) is 1.83. The molecule has 6 nitrogen and oxygen atoms in total. The van der Waals surface area contributed by atoms with Gasteiger partial charge in [0.1, 0.15) is 5.56 Å². The first-order valence-electron chi connectivity index (χ1n) is 5.47. The topological polar surface area (TPSA) is 91.7 Å². The summed E-state index contributed by atoms with van der Waals surface area (Å²) in [4.78, 5) is 14.4. The SMILES string of the molecule is O=C(O)c1ccnc(NCCCOCCO)c1F. The van der Waals surface area contributed by atoms with Crippen molar-refractivity contribution in [3.8, 4) is 0 Å². The molecule has 0 aliphatic rings. The fraction of sp³-hybridized carbons (Fsp3) is 0.455. The molecule has 0 atom stereocenters. The van der Waals surface area contributed by atoms with E-state index < -0.39 is 17.3 Å². The molecule has 7 heteroatoms. The highest BCUT2D eigenvalue weighted by molar-refractivity contribution is 5.88. The summed E-state index contributed by atoms with van der Waals surface area (Å²) in [5.41, 5.74) is -0.413. The summed E-state index contributed by atoms with van der Waals surface area (Å²) < 4.78 is 18.6. The number of aromatic carboxylic acids is 1. The van der Waals surface area contributed by atoms with Crippen molar-refractivity contribution < 1.29 is 24.1 Å². The zero-order chi connectivity index (χ0) is 13.4. The Morgan fingerprint density at radius 3 is 2.94 bits per heavy atom. The minimum absolute atomic E-state index is 0.0374. The molecule has 0 fully saturated rings. The second kappa shape index (κ2) is 7.57. The molecule has 0 saturated carbocycles. The number of ether oxygens (including phenoxy) is 1. The summed E-state index contributed by atoms with van der Waals surface area (Å²) in [6, 6.07) is 1.10. The molecule has 1 aromatic heterocycles. The lowest BCUT2D eigenvalue weighted by atomic mass is 10.2. The van der Waals surface area contributed by atoms with Crippen LogP contribution in [-0.2, 0) is 4.74 Å². The predicted molar refractivity (Wildman–Crippen MR) is 62.2 cm³/mol. The zero-order valence-electron chi connectivity index (χ0n) is 9.73. The van der Waals surface area contributed by atoms with E-state index in [1.807, 2.05) is 0 Å². The van der Waals surface area contributed by atoms with Crippen molar-refractivity contribution >= 4 is 11.8 Å². The van der Waals surface area contributed by atoms with Crippen LogP contribution in [0.1, 0.15) is 16.8 Å². The Morgan fingerprint density at radius 1 is 1.50 bits per heavy atom. The lowest BCUT2D eigenvalue weighted by Gasteiger charge is -2.07. The fourth-order valence-corrected chi connectivity index (χ4v) is 1.28. The molecule has 0 amide bonds. The average molecular weight is 258 g/mol. The number of pyridine rings is 1. The number of nitrogens with one attached hydrogen (secondary N) is 1. The lowest BCUT2D eigenvalue weighted by Crippen LogP contribution is -2.11. The Bertz CT molecular complexity index is 401. The Hall–Kier alpha value is -1.73. The van der Waals surface area contributed by atoms with E-state index >= 15 is 0 Å².